The van der Waals surface area contributed by atoms with Gasteiger partial charge in [0.25, 0.3) is 0 Å². The summed E-state index contributed by atoms with van der Waals surface area (Å²) in [6, 6.07) is 12.0. The molecule has 1 rings (SSSR count). The van der Waals surface area contributed by atoms with E-state index in [4.69, 9.17) is 20.5 Å². The van der Waals surface area contributed by atoms with Gasteiger partial charge in [0.1, 0.15) is 29.7 Å². The lowest BCUT2D eigenvalue weighted by molar-refractivity contribution is 0.340. The van der Waals surface area contributed by atoms with Crippen LogP contribution in [0.2, 0.25) is 0 Å². The smallest absolute Gasteiger partial charge is 0.163 e. The van der Waals surface area contributed by atoms with Crippen molar-refractivity contribution in [3.8, 4) is 24.0 Å². The van der Waals surface area contributed by atoms with E-state index < -0.39 is 0 Å². The first kappa shape index (κ1) is 13.1. The van der Waals surface area contributed by atoms with Crippen molar-refractivity contribution in [2.24, 2.45) is 0 Å². The molecule has 0 fully saturated rings. The van der Waals surface area contributed by atoms with E-state index in [0.29, 0.717) is 18.0 Å². The third-order valence-corrected chi connectivity index (χ3v) is 2.00. The minimum absolute atomic E-state index is 0.0753. The lowest BCUT2D eigenvalue weighted by Crippen LogP contribution is -2.01. The van der Waals surface area contributed by atoms with Crippen LogP contribution in [0.25, 0.3) is 0 Å². The van der Waals surface area contributed by atoms with Crippen molar-refractivity contribution in [1.29, 1.82) is 15.8 Å². The zero-order valence-electron chi connectivity index (χ0n) is 9.77. The molecule has 0 aliphatic carbocycles. The number of nitriles is 3. The van der Waals surface area contributed by atoms with Crippen molar-refractivity contribution >= 4 is 5.69 Å². The molecule has 5 nitrogen and oxygen atoms in total. The van der Waals surface area contributed by atoms with Crippen LogP contribution in [-0.2, 0) is 0 Å². The van der Waals surface area contributed by atoms with E-state index in [1.807, 2.05) is 6.92 Å². The molecule has 0 bridgehead atoms. The molecule has 88 valence electrons. The van der Waals surface area contributed by atoms with Crippen molar-refractivity contribution in [3.63, 3.8) is 0 Å². The van der Waals surface area contributed by atoms with Crippen LogP contribution in [0, 0.1) is 34.0 Å². The van der Waals surface area contributed by atoms with Crippen molar-refractivity contribution < 1.29 is 4.74 Å². The van der Waals surface area contributed by atoms with E-state index in [0.717, 1.165) is 0 Å². The van der Waals surface area contributed by atoms with E-state index >= 15 is 0 Å². The molecule has 0 saturated heterocycles. The van der Waals surface area contributed by atoms with Gasteiger partial charge in [0.2, 0.25) is 0 Å². The summed E-state index contributed by atoms with van der Waals surface area (Å²) in [7, 11) is 0. The normalized spacial score (nSPS) is 8.33. The van der Waals surface area contributed by atoms with Gasteiger partial charge in [-0.3, -0.25) is 0 Å². The number of hydrogen-bond acceptors (Lipinski definition) is 5. The highest BCUT2D eigenvalue weighted by Crippen LogP contribution is 2.19. The largest absolute Gasteiger partial charge is 0.494 e. The molecule has 18 heavy (non-hydrogen) atoms. The molecule has 1 aromatic carbocycles. The number of nitrogens with one attached hydrogen (secondary N) is 1. The van der Waals surface area contributed by atoms with Crippen molar-refractivity contribution in [1.82, 2.24) is 0 Å². The Labute approximate surface area is 105 Å². The topological polar surface area (TPSA) is 92.6 Å². The summed E-state index contributed by atoms with van der Waals surface area (Å²) in [5.41, 5.74) is 0.258. The molecule has 5 heteroatoms. The van der Waals surface area contributed by atoms with Gasteiger partial charge in [-0.15, -0.1) is 0 Å². The Morgan fingerprint density at radius 3 is 2.50 bits per heavy atom. The number of hydrogen-bond donors (Lipinski definition) is 1. The fourth-order valence-corrected chi connectivity index (χ4v) is 1.26. The number of rotatable bonds is 4. The maximum Gasteiger partial charge on any atom is 0.163 e. The summed E-state index contributed by atoms with van der Waals surface area (Å²) < 4.78 is 5.31. The molecule has 0 radical (unpaired) electrons. The van der Waals surface area contributed by atoms with E-state index in [-0.39, 0.29) is 11.3 Å². The van der Waals surface area contributed by atoms with Crippen LogP contribution in [0.5, 0.6) is 5.75 Å². The maximum absolute atomic E-state index is 8.89. The van der Waals surface area contributed by atoms with E-state index in [2.05, 4.69) is 5.32 Å². The molecular weight excluding hydrogens is 228 g/mol. The number of nitrogens with zero attached hydrogens (tertiary/aromatic N) is 3. The molecule has 0 unspecified atom stereocenters. The van der Waals surface area contributed by atoms with Gasteiger partial charge >= 0.3 is 0 Å². The summed E-state index contributed by atoms with van der Waals surface area (Å²) >= 11 is 0. The van der Waals surface area contributed by atoms with Gasteiger partial charge < -0.3 is 10.1 Å². The van der Waals surface area contributed by atoms with Gasteiger partial charge in [-0.1, -0.05) is 6.07 Å². The highest BCUT2D eigenvalue weighted by molar-refractivity contribution is 5.59. The van der Waals surface area contributed by atoms with Crippen LogP contribution >= 0.6 is 0 Å². The van der Waals surface area contributed by atoms with Crippen LogP contribution in [-0.4, -0.2) is 6.61 Å². The fourth-order valence-electron chi connectivity index (χ4n) is 1.26. The second-order valence-corrected chi connectivity index (χ2v) is 3.17. The molecule has 0 amide bonds. The molecule has 0 aromatic heterocycles. The minimum atomic E-state index is -0.251. The Balaban J connectivity index is 3.02. The first-order chi connectivity index (χ1) is 8.74. The zero-order chi connectivity index (χ0) is 13.4. The number of allylic oxidation sites excluding steroid dienone is 2. The molecular formula is C13H10N4O. The van der Waals surface area contributed by atoms with Crippen molar-refractivity contribution in [2.45, 2.75) is 6.92 Å². The highest BCUT2D eigenvalue weighted by atomic mass is 16.5. The van der Waals surface area contributed by atoms with Crippen molar-refractivity contribution in [3.05, 3.63) is 35.5 Å². The average molecular weight is 238 g/mol. The van der Waals surface area contributed by atoms with Gasteiger partial charge in [0.05, 0.1) is 6.61 Å². The Hall–Kier alpha value is -2.97. The molecule has 0 aliphatic rings. The predicted octanol–water partition coefficient (Wildman–Crippen LogP) is 2.32. The first-order valence-electron chi connectivity index (χ1n) is 5.19. The summed E-state index contributed by atoms with van der Waals surface area (Å²) in [6.07, 6.45) is 0. The SMILES string of the molecule is CCOc1cccc(NC(C#N)=C(C#N)C#N)c1. The second kappa shape index (κ2) is 6.58. The average Bonchev–Trinajstić information content (AvgIpc) is 2.39. The molecule has 1 N–H and O–H groups in total. The lowest BCUT2D eigenvalue weighted by atomic mass is 10.2. The summed E-state index contributed by atoms with van der Waals surface area (Å²) in [4.78, 5) is 0. The third-order valence-electron chi connectivity index (χ3n) is 2.00. The molecule has 0 aliphatic heterocycles. The van der Waals surface area contributed by atoms with Gasteiger partial charge in [0, 0.05) is 11.8 Å². The molecule has 1 aromatic rings. The third kappa shape index (κ3) is 3.27. The molecule has 0 atom stereocenters. The molecule has 0 heterocycles. The number of ether oxygens (including phenoxy) is 1. The Morgan fingerprint density at radius 1 is 1.22 bits per heavy atom. The lowest BCUT2D eigenvalue weighted by Gasteiger charge is -2.07. The summed E-state index contributed by atoms with van der Waals surface area (Å²) in [6.45, 7) is 2.40. The van der Waals surface area contributed by atoms with Crippen LogP contribution in [0.15, 0.2) is 35.5 Å². The van der Waals surface area contributed by atoms with Gasteiger partial charge in [-0.05, 0) is 19.1 Å². The van der Waals surface area contributed by atoms with Gasteiger partial charge in [0.15, 0.2) is 5.57 Å². The van der Waals surface area contributed by atoms with Gasteiger partial charge in [-0.2, -0.15) is 15.8 Å². The minimum Gasteiger partial charge on any atom is -0.494 e. The first-order valence-corrected chi connectivity index (χ1v) is 5.19. The summed E-state index contributed by atoms with van der Waals surface area (Å²) in [5.74, 6) is 0.648. The predicted molar refractivity (Wildman–Crippen MR) is 65.1 cm³/mol. The second-order valence-electron chi connectivity index (χ2n) is 3.17. The maximum atomic E-state index is 8.89. The Bertz CT molecular complexity index is 568. The van der Waals surface area contributed by atoms with Crippen molar-refractivity contribution in [2.75, 3.05) is 11.9 Å². The van der Waals surface area contributed by atoms with Crippen LogP contribution in [0.1, 0.15) is 6.92 Å². The molecule has 0 saturated carbocycles. The van der Waals surface area contributed by atoms with Crippen LogP contribution in [0.3, 0.4) is 0 Å². The Kier molecular flexibility index (Phi) is 4.79. The van der Waals surface area contributed by atoms with Crippen LogP contribution in [0.4, 0.5) is 5.69 Å². The highest BCUT2D eigenvalue weighted by Gasteiger charge is 2.06. The fraction of sp³-hybridized carbons (Fsp3) is 0.154. The Morgan fingerprint density at radius 2 is 1.94 bits per heavy atom. The van der Waals surface area contributed by atoms with E-state index in [9.17, 15) is 0 Å². The van der Waals surface area contributed by atoms with Gasteiger partial charge in [-0.25, -0.2) is 0 Å². The number of anilines is 1. The standard InChI is InChI=1S/C13H10N4O/c1-2-18-12-5-3-4-11(6-12)17-13(9-16)10(7-14)8-15/h3-6,17H,2H2,1H3. The number of benzene rings is 1. The summed E-state index contributed by atoms with van der Waals surface area (Å²) in [5, 5.41) is 29.0. The van der Waals surface area contributed by atoms with E-state index in [1.165, 1.54) is 0 Å². The van der Waals surface area contributed by atoms with E-state index in [1.54, 1.807) is 42.5 Å². The monoisotopic (exact) mass is 238 g/mol. The zero-order valence-corrected chi connectivity index (χ0v) is 9.77. The van der Waals surface area contributed by atoms with Crippen LogP contribution < -0.4 is 10.1 Å². The molecule has 0 spiro atoms. The quantitative estimate of drug-likeness (QED) is 0.812.